The number of carbonyl (C=O) groups is 2. The fraction of sp³-hybridized carbons (Fsp3) is 0.892. The lowest BCUT2D eigenvalue weighted by molar-refractivity contribution is -0.143. The van der Waals surface area contributed by atoms with Gasteiger partial charge in [-0.05, 0) is 83.5 Å². The van der Waals surface area contributed by atoms with Crippen molar-refractivity contribution >= 4 is 11.9 Å². The molecule has 6 heteroatoms. The minimum atomic E-state index is -0.661. The van der Waals surface area contributed by atoms with Gasteiger partial charge in [-0.2, -0.15) is 0 Å². The Morgan fingerprint density at radius 2 is 0.625 bits per heavy atom. The smallest absolute Gasteiger partial charge is 0.305 e. The predicted octanol–water partition coefficient (Wildman–Crippen LogP) is 23.5. The van der Waals surface area contributed by atoms with Crippen molar-refractivity contribution in [3.05, 3.63) is 36.5 Å². The van der Waals surface area contributed by atoms with Crippen molar-refractivity contribution in [1.82, 2.24) is 5.32 Å². The molecule has 80 heavy (non-hydrogen) atoms. The van der Waals surface area contributed by atoms with E-state index in [-0.39, 0.29) is 18.5 Å². The molecule has 0 aromatic rings. The molecule has 0 saturated heterocycles. The van der Waals surface area contributed by atoms with Crippen LogP contribution in [0.3, 0.4) is 0 Å². The zero-order chi connectivity index (χ0) is 57.8. The summed E-state index contributed by atoms with van der Waals surface area (Å²) in [6.07, 6.45) is 89.3. The number of rotatable bonds is 68. The summed E-state index contributed by atoms with van der Waals surface area (Å²) >= 11 is 0. The standard InChI is InChI=1S/C74H141NO5/c1-3-5-7-9-11-13-15-17-18-41-44-48-52-56-60-64-68-74(79)80-69-65-61-57-53-49-45-42-39-37-35-33-31-29-27-25-23-21-19-20-22-24-26-28-30-32-34-36-38-40-43-47-51-55-59-63-67-73(78)75-71(70-76)72(77)66-62-58-54-50-46-16-14-12-10-8-6-4-2/h18,21,23,27,29,41,71-72,76-77H,3-17,19-20,22,24-26,28,30-40,42-70H2,1-2H3,(H,75,78)/b23-21-,29-27-,41-18-. The topological polar surface area (TPSA) is 95.9 Å². The summed E-state index contributed by atoms with van der Waals surface area (Å²) in [6, 6.07) is -0.539. The third kappa shape index (κ3) is 65.2. The van der Waals surface area contributed by atoms with Crippen LogP contribution in [0.4, 0.5) is 0 Å². The molecule has 1 amide bonds. The van der Waals surface area contributed by atoms with Gasteiger partial charge in [-0.1, -0.05) is 339 Å². The van der Waals surface area contributed by atoms with Crippen LogP contribution in [0.5, 0.6) is 0 Å². The first kappa shape index (κ1) is 78.1. The van der Waals surface area contributed by atoms with Crippen molar-refractivity contribution in [1.29, 1.82) is 0 Å². The van der Waals surface area contributed by atoms with Crippen LogP contribution in [0.25, 0.3) is 0 Å². The number of hydrogen-bond acceptors (Lipinski definition) is 5. The van der Waals surface area contributed by atoms with Crippen LogP contribution in [0.15, 0.2) is 36.5 Å². The van der Waals surface area contributed by atoms with Crippen molar-refractivity contribution in [2.45, 2.75) is 411 Å². The summed E-state index contributed by atoms with van der Waals surface area (Å²) in [5.74, 6) is -0.0216. The number of unbranched alkanes of at least 4 members (excludes halogenated alkanes) is 51. The van der Waals surface area contributed by atoms with Gasteiger partial charge in [0.05, 0.1) is 25.4 Å². The molecule has 0 spiro atoms. The van der Waals surface area contributed by atoms with Crippen LogP contribution in [0.1, 0.15) is 399 Å². The number of aliphatic hydroxyl groups is 2. The predicted molar refractivity (Wildman–Crippen MR) is 352 cm³/mol. The molecule has 0 aromatic heterocycles. The van der Waals surface area contributed by atoms with Crippen LogP contribution < -0.4 is 5.32 Å². The normalized spacial score (nSPS) is 12.7. The average molecular weight is 1120 g/mol. The number of esters is 1. The number of ether oxygens (including phenoxy) is 1. The van der Waals surface area contributed by atoms with Gasteiger partial charge in [-0.25, -0.2) is 0 Å². The first-order valence-electron chi connectivity index (χ1n) is 36.2. The molecule has 3 N–H and O–H groups in total. The number of amides is 1. The number of aliphatic hydroxyl groups excluding tert-OH is 2. The Kier molecular flexibility index (Phi) is 67.9. The van der Waals surface area contributed by atoms with Crippen LogP contribution >= 0.6 is 0 Å². The zero-order valence-corrected chi connectivity index (χ0v) is 54.1. The molecule has 0 aliphatic rings. The summed E-state index contributed by atoms with van der Waals surface area (Å²) in [4.78, 5) is 24.6. The van der Waals surface area contributed by atoms with E-state index >= 15 is 0 Å². The van der Waals surface area contributed by atoms with Gasteiger partial charge in [0.1, 0.15) is 0 Å². The van der Waals surface area contributed by atoms with Gasteiger partial charge in [0.2, 0.25) is 5.91 Å². The van der Waals surface area contributed by atoms with Crippen molar-refractivity contribution in [2.24, 2.45) is 0 Å². The molecule has 0 aliphatic carbocycles. The van der Waals surface area contributed by atoms with Gasteiger partial charge in [-0.15, -0.1) is 0 Å². The molecule has 0 saturated carbocycles. The van der Waals surface area contributed by atoms with Crippen LogP contribution in [-0.2, 0) is 14.3 Å². The minimum Gasteiger partial charge on any atom is -0.466 e. The molecular formula is C74H141NO5. The number of carbonyl (C=O) groups excluding carboxylic acids is 2. The van der Waals surface area contributed by atoms with Crippen LogP contribution in [0.2, 0.25) is 0 Å². The Bertz CT molecular complexity index is 1300. The molecule has 472 valence electrons. The minimum absolute atomic E-state index is 0.00976. The maximum Gasteiger partial charge on any atom is 0.305 e. The maximum atomic E-state index is 12.5. The van der Waals surface area contributed by atoms with Gasteiger partial charge in [-0.3, -0.25) is 9.59 Å². The maximum absolute atomic E-state index is 12.5. The van der Waals surface area contributed by atoms with E-state index in [9.17, 15) is 19.8 Å². The lowest BCUT2D eigenvalue weighted by atomic mass is 10.0. The number of nitrogens with one attached hydrogen (secondary N) is 1. The van der Waals surface area contributed by atoms with Crippen molar-refractivity contribution < 1.29 is 24.5 Å². The Hall–Kier alpha value is -1.92. The van der Waals surface area contributed by atoms with E-state index in [1.54, 1.807) is 0 Å². The quantitative estimate of drug-likeness (QED) is 0.0320. The van der Waals surface area contributed by atoms with Gasteiger partial charge in [0, 0.05) is 12.8 Å². The van der Waals surface area contributed by atoms with E-state index in [1.165, 1.54) is 315 Å². The summed E-state index contributed by atoms with van der Waals surface area (Å²) in [6.45, 7) is 4.97. The van der Waals surface area contributed by atoms with Crippen molar-refractivity contribution in [3.63, 3.8) is 0 Å². The summed E-state index contributed by atoms with van der Waals surface area (Å²) < 4.78 is 5.49. The monoisotopic (exact) mass is 1120 g/mol. The molecule has 6 nitrogen and oxygen atoms in total. The average Bonchev–Trinajstić information content (AvgIpc) is 3.46. The second-order valence-corrected chi connectivity index (χ2v) is 24.9. The lowest BCUT2D eigenvalue weighted by Gasteiger charge is -2.22. The molecule has 0 bridgehead atoms. The number of hydrogen-bond donors (Lipinski definition) is 3. The van der Waals surface area contributed by atoms with E-state index < -0.39 is 12.1 Å². The van der Waals surface area contributed by atoms with Gasteiger partial charge in [0.25, 0.3) is 0 Å². The third-order valence-corrected chi connectivity index (χ3v) is 16.9. The highest BCUT2D eigenvalue weighted by molar-refractivity contribution is 5.76. The second kappa shape index (κ2) is 69.6. The largest absolute Gasteiger partial charge is 0.466 e. The Balaban J connectivity index is 3.35. The molecule has 0 rings (SSSR count). The Labute approximate surface area is 500 Å². The highest BCUT2D eigenvalue weighted by atomic mass is 16.5. The second-order valence-electron chi connectivity index (χ2n) is 24.9. The van der Waals surface area contributed by atoms with E-state index in [0.29, 0.717) is 25.9 Å². The molecule has 0 radical (unpaired) electrons. The first-order chi connectivity index (χ1) is 39.5. The summed E-state index contributed by atoms with van der Waals surface area (Å²) in [5, 5.41) is 23.3. The first-order valence-corrected chi connectivity index (χ1v) is 36.2. The molecule has 2 atom stereocenters. The fourth-order valence-electron chi connectivity index (χ4n) is 11.4. The molecule has 2 unspecified atom stereocenters. The van der Waals surface area contributed by atoms with Gasteiger partial charge in [0.15, 0.2) is 0 Å². The van der Waals surface area contributed by atoms with Gasteiger partial charge >= 0.3 is 5.97 Å². The molecule has 0 aromatic carbocycles. The van der Waals surface area contributed by atoms with E-state index in [0.717, 1.165) is 51.4 Å². The lowest BCUT2D eigenvalue weighted by Crippen LogP contribution is -2.45. The van der Waals surface area contributed by atoms with E-state index in [1.807, 2.05) is 0 Å². The zero-order valence-electron chi connectivity index (χ0n) is 54.1. The van der Waals surface area contributed by atoms with E-state index in [4.69, 9.17) is 4.74 Å². The van der Waals surface area contributed by atoms with Crippen molar-refractivity contribution in [3.8, 4) is 0 Å². The van der Waals surface area contributed by atoms with Gasteiger partial charge < -0.3 is 20.3 Å². The third-order valence-electron chi connectivity index (χ3n) is 16.9. The molecule has 0 fully saturated rings. The molecular weight excluding hydrogens is 983 g/mol. The number of allylic oxidation sites excluding steroid dienone is 6. The van der Waals surface area contributed by atoms with E-state index in [2.05, 4.69) is 55.6 Å². The Morgan fingerprint density at radius 3 is 0.963 bits per heavy atom. The highest BCUT2D eigenvalue weighted by Crippen LogP contribution is 2.19. The van der Waals surface area contributed by atoms with Crippen LogP contribution in [-0.4, -0.2) is 47.4 Å². The fourth-order valence-corrected chi connectivity index (χ4v) is 11.4. The molecule has 0 aliphatic heterocycles. The molecule has 0 heterocycles. The van der Waals surface area contributed by atoms with Crippen molar-refractivity contribution in [2.75, 3.05) is 13.2 Å². The summed E-state index contributed by atoms with van der Waals surface area (Å²) in [7, 11) is 0. The SMILES string of the molecule is CCCCCCCCC/C=C\CCCCCCCC(=O)OCCCCCCCCCCCCC/C=C\C/C=C\CCCCCCCCCCCCCCCCCCCC(=O)NC(CO)C(O)CCCCCCCCCCCCCC. The Morgan fingerprint density at radius 1 is 0.350 bits per heavy atom. The summed E-state index contributed by atoms with van der Waals surface area (Å²) in [5.41, 5.74) is 0. The van der Waals surface area contributed by atoms with Crippen LogP contribution in [0, 0.1) is 0 Å². The highest BCUT2D eigenvalue weighted by Gasteiger charge is 2.20.